The highest BCUT2D eigenvalue weighted by molar-refractivity contribution is 6.14. The van der Waals surface area contributed by atoms with Crippen LogP contribution in [0.3, 0.4) is 0 Å². The van der Waals surface area contributed by atoms with Gasteiger partial charge >= 0.3 is 0 Å². The summed E-state index contributed by atoms with van der Waals surface area (Å²) in [5.41, 5.74) is 14.8. The first-order valence-corrected chi connectivity index (χ1v) is 21.2. The number of fused-ring (bicyclic) bond motifs is 6. The summed E-state index contributed by atoms with van der Waals surface area (Å²) in [4.78, 5) is 13.0. The summed E-state index contributed by atoms with van der Waals surface area (Å²) in [6.07, 6.45) is 0. The van der Waals surface area contributed by atoms with E-state index in [0.717, 1.165) is 89.4 Å². The Kier molecular flexibility index (Phi) is 8.75. The summed E-state index contributed by atoms with van der Waals surface area (Å²) >= 11 is 0. The van der Waals surface area contributed by atoms with Gasteiger partial charge in [-0.3, -0.25) is 0 Å². The van der Waals surface area contributed by atoms with E-state index >= 15 is 0 Å². The first kappa shape index (κ1) is 36.3. The minimum atomic E-state index is 0.646. The predicted molar refractivity (Wildman–Crippen MR) is 260 cm³/mol. The molecule has 12 aromatic rings. The van der Waals surface area contributed by atoms with Crippen LogP contribution in [0, 0.1) is 0 Å². The van der Waals surface area contributed by atoms with Crippen molar-refractivity contribution in [1.29, 1.82) is 0 Å². The van der Waals surface area contributed by atoms with Gasteiger partial charge in [-0.05, 0) is 77.9 Å². The average molecular weight is 807 g/mol. The minimum absolute atomic E-state index is 0.646. The number of aromatic nitrogens is 3. The molecule has 0 bridgehead atoms. The van der Waals surface area contributed by atoms with Crippen LogP contribution in [0.4, 0.5) is 17.1 Å². The van der Waals surface area contributed by atoms with E-state index in [0.29, 0.717) is 5.82 Å². The lowest BCUT2D eigenvalue weighted by Crippen LogP contribution is -2.10. The predicted octanol–water partition coefficient (Wildman–Crippen LogP) is 15.6. The fourth-order valence-electron chi connectivity index (χ4n) is 9.08. The lowest BCUT2D eigenvalue weighted by atomic mass is 9.99. The molecule has 0 fully saturated rings. The van der Waals surface area contributed by atoms with Gasteiger partial charge in [0.15, 0.2) is 5.82 Å². The first-order chi connectivity index (χ1) is 31.2. The molecular weight excluding hydrogens is 769 g/mol. The van der Waals surface area contributed by atoms with E-state index in [1.165, 1.54) is 16.3 Å². The smallest absolute Gasteiger partial charge is 0.160 e. The van der Waals surface area contributed by atoms with Crippen LogP contribution in [0.1, 0.15) is 0 Å². The topological polar surface area (TPSA) is 47.1 Å². The Balaban J connectivity index is 1.08. The maximum Gasteiger partial charge on any atom is 0.160 e. The van der Waals surface area contributed by atoms with Crippen LogP contribution in [0.25, 0.3) is 94.5 Å². The van der Waals surface area contributed by atoms with Gasteiger partial charge in [0, 0.05) is 61.4 Å². The lowest BCUT2D eigenvalue weighted by Gasteiger charge is -2.26. The second-order valence-corrected chi connectivity index (χ2v) is 15.8. The second kappa shape index (κ2) is 15.2. The molecule has 0 amide bonds. The molecular formula is C58H38N4O. The van der Waals surface area contributed by atoms with Crippen molar-refractivity contribution < 1.29 is 4.42 Å². The van der Waals surface area contributed by atoms with E-state index in [2.05, 4.69) is 204 Å². The molecule has 0 aliphatic heterocycles. The van der Waals surface area contributed by atoms with Gasteiger partial charge in [0.25, 0.3) is 0 Å². The number of para-hydroxylation sites is 4. The Hall–Kier alpha value is -8.54. The zero-order valence-corrected chi connectivity index (χ0v) is 34.1. The fraction of sp³-hybridized carbons (Fsp3) is 0. The van der Waals surface area contributed by atoms with Gasteiger partial charge in [-0.2, -0.15) is 0 Å². The Bertz CT molecular complexity index is 3560. The highest BCUT2D eigenvalue weighted by Crippen LogP contribution is 2.44. The molecule has 0 aliphatic carbocycles. The Morgan fingerprint density at radius 2 is 0.921 bits per heavy atom. The minimum Gasteiger partial charge on any atom is -0.456 e. The molecule has 296 valence electrons. The van der Waals surface area contributed by atoms with Crippen molar-refractivity contribution in [3.63, 3.8) is 0 Å². The summed E-state index contributed by atoms with van der Waals surface area (Å²) in [5.74, 6) is 0.646. The largest absolute Gasteiger partial charge is 0.456 e. The number of benzene rings is 9. The maximum absolute atomic E-state index is 6.74. The third-order valence-electron chi connectivity index (χ3n) is 12.0. The quantitative estimate of drug-likeness (QED) is 0.153. The molecule has 3 heterocycles. The summed E-state index contributed by atoms with van der Waals surface area (Å²) in [7, 11) is 0. The van der Waals surface area contributed by atoms with Gasteiger partial charge in [-0.15, -0.1) is 0 Å². The summed E-state index contributed by atoms with van der Waals surface area (Å²) in [5, 5.41) is 4.48. The molecule has 0 atom stereocenters. The molecule has 9 aromatic carbocycles. The Morgan fingerprint density at radius 1 is 0.365 bits per heavy atom. The van der Waals surface area contributed by atoms with Crippen molar-refractivity contribution in [2.24, 2.45) is 0 Å². The van der Waals surface area contributed by atoms with Crippen molar-refractivity contribution in [3.8, 4) is 50.7 Å². The van der Waals surface area contributed by atoms with E-state index in [1.807, 2.05) is 36.4 Å². The Morgan fingerprint density at radius 3 is 1.63 bits per heavy atom. The maximum atomic E-state index is 6.74. The van der Waals surface area contributed by atoms with Gasteiger partial charge in [0.2, 0.25) is 0 Å². The first-order valence-electron chi connectivity index (χ1n) is 21.2. The highest BCUT2D eigenvalue weighted by Gasteiger charge is 2.22. The summed E-state index contributed by atoms with van der Waals surface area (Å²) < 4.78 is 9.09. The van der Waals surface area contributed by atoms with E-state index in [-0.39, 0.29) is 0 Å². The van der Waals surface area contributed by atoms with Gasteiger partial charge in [0.05, 0.1) is 28.1 Å². The van der Waals surface area contributed by atoms with Gasteiger partial charge in [0.1, 0.15) is 11.2 Å². The Labute approximate surface area is 364 Å². The SMILES string of the molecule is c1ccc(-c2ccc(N(c3ccccc3)c3cc(-c4cc(-c5cccc(-n6c7ccccc7c7ccccc76)c5)nc(-c5ccccc5)n4)c4c(c3)oc3ccccc34)cc2)cc1. The van der Waals surface area contributed by atoms with E-state index < -0.39 is 0 Å². The van der Waals surface area contributed by atoms with Crippen molar-refractivity contribution in [3.05, 3.63) is 231 Å². The van der Waals surface area contributed by atoms with E-state index in [1.54, 1.807) is 0 Å². The van der Waals surface area contributed by atoms with E-state index in [4.69, 9.17) is 14.4 Å². The molecule has 5 nitrogen and oxygen atoms in total. The molecule has 0 saturated carbocycles. The third kappa shape index (κ3) is 6.42. The molecule has 63 heavy (non-hydrogen) atoms. The molecule has 5 heteroatoms. The van der Waals surface area contributed by atoms with Crippen LogP contribution in [-0.2, 0) is 0 Å². The van der Waals surface area contributed by atoms with Gasteiger partial charge in [-0.25, -0.2) is 9.97 Å². The number of hydrogen-bond acceptors (Lipinski definition) is 4. The van der Waals surface area contributed by atoms with Crippen LogP contribution < -0.4 is 4.90 Å². The normalized spacial score (nSPS) is 11.5. The number of furan rings is 1. The zero-order chi connectivity index (χ0) is 41.7. The molecule has 0 N–H and O–H groups in total. The van der Waals surface area contributed by atoms with Crippen LogP contribution in [0.2, 0.25) is 0 Å². The van der Waals surface area contributed by atoms with Crippen LogP contribution in [0.15, 0.2) is 235 Å². The van der Waals surface area contributed by atoms with Crippen LogP contribution in [-0.4, -0.2) is 14.5 Å². The van der Waals surface area contributed by atoms with Crippen LogP contribution >= 0.6 is 0 Å². The monoisotopic (exact) mass is 806 g/mol. The number of nitrogens with zero attached hydrogens (tertiary/aromatic N) is 4. The highest BCUT2D eigenvalue weighted by atomic mass is 16.3. The zero-order valence-electron chi connectivity index (χ0n) is 34.1. The summed E-state index contributed by atoms with van der Waals surface area (Å²) in [6.45, 7) is 0. The number of anilines is 3. The summed E-state index contributed by atoms with van der Waals surface area (Å²) in [6, 6.07) is 80.8. The van der Waals surface area contributed by atoms with Crippen LogP contribution in [0.5, 0.6) is 0 Å². The number of rotatable bonds is 8. The molecule has 0 aliphatic rings. The molecule has 3 aromatic heterocycles. The standard InChI is InChI=1S/C58H38N4O/c1-4-17-39(18-5-1)40-31-33-44(34-32-40)61(43-22-8-3-9-23-43)46-36-50(57-49-27-12-15-30-55(49)63-56(57)37-46)52-38-51(59-58(60-52)41-19-6-2-7-20-41)42-21-16-24-45(35-42)62-53-28-13-10-25-47(53)48-26-11-14-29-54(48)62/h1-38H. The average Bonchev–Trinajstić information content (AvgIpc) is 3.91. The van der Waals surface area contributed by atoms with E-state index in [9.17, 15) is 0 Å². The van der Waals surface area contributed by atoms with Gasteiger partial charge in [-0.1, -0.05) is 158 Å². The molecule has 0 saturated heterocycles. The van der Waals surface area contributed by atoms with Crippen molar-refractivity contribution in [1.82, 2.24) is 14.5 Å². The lowest BCUT2D eigenvalue weighted by molar-refractivity contribution is 0.669. The molecule has 0 spiro atoms. The van der Waals surface area contributed by atoms with Gasteiger partial charge < -0.3 is 13.9 Å². The molecule has 0 radical (unpaired) electrons. The van der Waals surface area contributed by atoms with Crippen molar-refractivity contribution >= 4 is 60.8 Å². The van der Waals surface area contributed by atoms with Crippen molar-refractivity contribution in [2.75, 3.05) is 4.90 Å². The third-order valence-corrected chi connectivity index (χ3v) is 12.0. The second-order valence-electron chi connectivity index (χ2n) is 15.8. The number of hydrogen-bond donors (Lipinski definition) is 0. The fourth-order valence-corrected chi connectivity index (χ4v) is 9.08. The molecule has 12 rings (SSSR count). The van der Waals surface area contributed by atoms with Crippen molar-refractivity contribution in [2.45, 2.75) is 0 Å². The molecule has 0 unspecified atom stereocenters.